The maximum atomic E-state index is 12.9. The summed E-state index contributed by atoms with van der Waals surface area (Å²) >= 11 is 6.26. The summed E-state index contributed by atoms with van der Waals surface area (Å²) in [6.45, 7) is 4.23. The number of halogens is 2. The Hall–Kier alpha value is -0.560. The largest absolute Gasteiger partial charge is 0.207 e. The van der Waals surface area contributed by atoms with Crippen LogP contribution in [0.5, 0.6) is 0 Å². The fourth-order valence-corrected chi connectivity index (χ4v) is 2.27. The smallest absolute Gasteiger partial charge is 0.123 e. The van der Waals surface area contributed by atoms with E-state index >= 15 is 0 Å². The highest BCUT2D eigenvalue weighted by Gasteiger charge is 2.37. The molecule has 0 N–H and O–H groups in total. The summed E-state index contributed by atoms with van der Waals surface area (Å²) in [7, 11) is 0. The molecule has 0 nitrogen and oxygen atoms in total. The van der Waals surface area contributed by atoms with Gasteiger partial charge in [0.05, 0.1) is 5.38 Å². The van der Waals surface area contributed by atoms with Crippen LogP contribution >= 0.6 is 11.6 Å². The van der Waals surface area contributed by atoms with Crippen LogP contribution in [0, 0.1) is 11.2 Å². The summed E-state index contributed by atoms with van der Waals surface area (Å²) in [6.07, 6.45) is 0.869. The standard InChI is InChI=1S/C11H12ClF/c1-11(2)6-7-5-8(13)3-4-9(7)10(11)12/h3-5,10H,6H2,1-2H3. The minimum Gasteiger partial charge on any atom is -0.207 e. The van der Waals surface area contributed by atoms with Gasteiger partial charge in [0, 0.05) is 0 Å². The van der Waals surface area contributed by atoms with Gasteiger partial charge >= 0.3 is 0 Å². The van der Waals surface area contributed by atoms with Gasteiger partial charge in [0.15, 0.2) is 0 Å². The summed E-state index contributed by atoms with van der Waals surface area (Å²) in [6, 6.07) is 4.88. The Morgan fingerprint density at radius 2 is 2.15 bits per heavy atom. The van der Waals surface area contributed by atoms with Crippen LogP contribution in [-0.4, -0.2) is 0 Å². The van der Waals surface area contributed by atoms with Crippen LogP contribution in [-0.2, 0) is 6.42 Å². The van der Waals surface area contributed by atoms with E-state index < -0.39 is 0 Å². The second-order valence-electron chi connectivity index (χ2n) is 4.37. The van der Waals surface area contributed by atoms with E-state index in [2.05, 4.69) is 13.8 Å². The molecule has 1 aromatic carbocycles. The summed E-state index contributed by atoms with van der Waals surface area (Å²) < 4.78 is 12.9. The molecule has 0 aromatic heterocycles. The monoisotopic (exact) mass is 198 g/mol. The SMILES string of the molecule is CC1(C)Cc2cc(F)ccc2C1Cl. The van der Waals surface area contributed by atoms with Gasteiger partial charge in [-0.05, 0) is 35.1 Å². The Labute approximate surface area is 82.7 Å². The molecule has 0 radical (unpaired) electrons. The zero-order valence-electron chi connectivity index (χ0n) is 7.77. The number of fused-ring (bicyclic) bond motifs is 1. The van der Waals surface area contributed by atoms with Gasteiger partial charge in [-0.1, -0.05) is 19.9 Å². The third-order valence-corrected chi connectivity index (χ3v) is 3.54. The van der Waals surface area contributed by atoms with E-state index in [1.54, 1.807) is 12.1 Å². The highest BCUT2D eigenvalue weighted by atomic mass is 35.5. The second kappa shape index (κ2) is 2.71. The molecular weight excluding hydrogens is 187 g/mol. The average molecular weight is 199 g/mol. The van der Waals surface area contributed by atoms with Gasteiger partial charge in [-0.2, -0.15) is 0 Å². The lowest BCUT2D eigenvalue weighted by atomic mass is 9.90. The molecule has 2 rings (SSSR count). The average Bonchev–Trinajstić information content (AvgIpc) is 2.22. The Kier molecular flexibility index (Phi) is 1.88. The molecule has 1 unspecified atom stereocenters. The molecule has 1 aliphatic carbocycles. The third-order valence-electron chi connectivity index (χ3n) is 2.71. The maximum Gasteiger partial charge on any atom is 0.123 e. The molecular formula is C11H12ClF. The van der Waals surface area contributed by atoms with Crippen molar-refractivity contribution in [2.45, 2.75) is 25.6 Å². The first-order valence-electron chi connectivity index (χ1n) is 4.43. The van der Waals surface area contributed by atoms with Gasteiger partial charge in [0.2, 0.25) is 0 Å². The highest BCUT2D eigenvalue weighted by Crippen LogP contribution is 2.49. The first kappa shape index (κ1) is 9.01. The van der Waals surface area contributed by atoms with Gasteiger partial charge in [-0.15, -0.1) is 11.6 Å². The Balaban J connectivity index is 2.50. The number of benzene rings is 1. The Bertz CT molecular complexity index is 344. The lowest BCUT2D eigenvalue weighted by Gasteiger charge is -2.21. The van der Waals surface area contributed by atoms with Crippen LogP contribution in [0.3, 0.4) is 0 Å². The minimum absolute atomic E-state index is 0.0168. The quantitative estimate of drug-likeness (QED) is 0.558. The van der Waals surface area contributed by atoms with Gasteiger partial charge in [0.1, 0.15) is 5.82 Å². The van der Waals surface area contributed by atoms with Crippen molar-refractivity contribution in [2.24, 2.45) is 5.41 Å². The zero-order valence-corrected chi connectivity index (χ0v) is 8.53. The Morgan fingerprint density at radius 1 is 1.46 bits per heavy atom. The van der Waals surface area contributed by atoms with Crippen LogP contribution in [0.15, 0.2) is 18.2 Å². The lowest BCUT2D eigenvalue weighted by molar-refractivity contribution is 0.379. The first-order valence-corrected chi connectivity index (χ1v) is 4.87. The summed E-state index contributed by atoms with van der Waals surface area (Å²) in [5, 5.41) is 0.0168. The molecule has 13 heavy (non-hydrogen) atoms. The molecule has 1 aromatic rings. The van der Waals surface area contributed by atoms with Crippen LogP contribution in [0.1, 0.15) is 30.4 Å². The topological polar surface area (TPSA) is 0 Å². The van der Waals surface area contributed by atoms with Gasteiger partial charge in [-0.25, -0.2) is 4.39 Å². The highest BCUT2D eigenvalue weighted by molar-refractivity contribution is 6.21. The number of alkyl halides is 1. The molecule has 1 aliphatic rings. The van der Waals surface area contributed by atoms with Crippen molar-refractivity contribution < 1.29 is 4.39 Å². The van der Waals surface area contributed by atoms with Crippen molar-refractivity contribution in [1.82, 2.24) is 0 Å². The third kappa shape index (κ3) is 1.35. The molecule has 0 heterocycles. The molecule has 0 saturated heterocycles. The predicted octanol–water partition coefficient (Wildman–Crippen LogP) is 3.69. The molecule has 0 bridgehead atoms. The van der Waals surface area contributed by atoms with Gasteiger partial charge < -0.3 is 0 Å². The predicted molar refractivity (Wildman–Crippen MR) is 52.5 cm³/mol. The number of rotatable bonds is 0. The summed E-state index contributed by atoms with van der Waals surface area (Å²) in [5.41, 5.74) is 2.20. The van der Waals surface area contributed by atoms with Crippen molar-refractivity contribution in [2.75, 3.05) is 0 Å². The minimum atomic E-state index is -0.166. The Morgan fingerprint density at radius 3 is 2.85 bits per heavy atom. The molecule has 70 valence electrons. The number of hydrogen-bond acceptors (Lipinski definition) is 0. The molecule has 2 heteroatoms. The second-order valence-corrected chi connectivity index (χ2v) is 4.81. The summed E-state index contributed by atoms with van der Waals surface area (Å²) in [4.78, 5) is 0. The fraction of sp³-hybridized carbons (Fsp3) is 0.455. The summed E-state index contributed by atoms with van der Waals surface area (Å²) in [5.74, 6) is -0.166. The normalized spacial score (nSPS) is 24.5. The number of hydrogen-bond donors (Lipinski definition) is 0. The molecule has 1 atom stereocenters. The molecule has 0 spiro atoms. The van der Waals surface area contributed by atoms with Crippen LogP contribution in [0.2, 0.25) is 0 Å². The van der Waals surface area contributed by atoms with E-state index in [1.807, 2.05) is 0 Å². The van der Waals surface area contributed by atoms with E-state index in [0.29, 0.717) is 0 Å². The van der Waals surface area contributed by atoms with E-state index in [0.717, 1.165) is 17.5 Å². The lowest BCUT2D eigenvalue weighted by Crippen LogP contribution is -2.12. The van der Waals surface area contributed by atoms with E-state index in [4.69, 9.17) is 11.6 Å². The van der Waals surface area contributed by atoms with Crippen molar-refractivity contribution >= 4 is 11.6 Å². The first-order chi connectivity index (χ1) is 6.00. The molecule has 0 aliphatic heterocycles. The molecule has 0 amide bonds. The van der Waals surface area contributed by atoms with Crippen molar-refractivity contribution in [3.63, 3.8) is 0 Å². The van der Waals surface area contributed by atoms with Gasteiger partial charge in [-0.3, -0.25) is 0 Å². The van der Waals surface area contributed by atoms with Crippen molar-refractivity contribution in [3.8, 4) is 0 Å². The van der Waals surface area contributed by atoms with Crippen LogP contribution in [0.4, 0.5) is 4.39 Å². The van der Waals surface area contributed by atoms with Crippen LogP contribution in [0.25, 0.3) is 0 Å². The van der Waals surface area contributed by atoms with E-state index in [-0.39, 0.29) is 16.6 Å². The van der Waals surface area contributed by atoms with E-state index in [1.165, 1.54) is 6.07 Å². The van der Waals surface area contributed by atoms with Gasteiger partial charge in [0.25, 0.3) is 0 Å². The molecule has 0 saturated carbocycles. The zero-order chi connectivity index (χ0) is 9.64. The maximum absolute atomic E-state index is 12.9. The molecule has 0 fully saturated rings. The van der Waals surface area contributed by atoms with E-state index in [9.17, 15) is 4.39 Å². The fourth-order valence-electron chi connectivity index (χ4n) is 1.98. The van der Waals surface area contributed by atoms with Crippen molar-refractivity contribution in [3.05, 3.63) is 35.1 Å². The van der Waals surface area contributed by atoms with Crippen molar-refractivity contribution in [1.29, 1.82) is 0 Å². The van der Waals surface area contributed by atoms with Crippen LogP contribution < -0.4 is 0 Å².